The Morgan fingerprint density at radius 1 is 1.16 bits per heavy atom. The minimum absolute atomic E-state index is 0.0209. The Balaban J connectivity index is 2.62. The molecule has 0 bridgehead atoms. The Kier molecular flexibility index (Phi) is 7.53. The molecule has 19 heavy (non-hydrogen) atoms. The summed E-state index contributed by atoms with van der Waals surface area (Å²) in [5.74, 6) is 0.884. The fourth-order valence-electron chi connectivity index (χ4n) is 2.30. The second-order valence-electron chi connectivity index (χ2n) is 4.91. The molecular weight excluding hydrogens is 238 g/mol. The van der Waals surface area contributed by atoms with Crippen molar-refractivity contribution >= 4 is 0 Å². The molecule has 1 aromatic rings. The molecule has 0 fully saturated rings. The van der Waals surface area contributed by atoms with E-state index in [0.29, 0.717) is 13.2 Å². The van der Waals surface area contributed by atoms with E-state index >= 15 is 0 Å². The van der Waals surface area contributed by atoms with E-state index in [4.69, 9.17) is 10.5 Å². The molecule has 3 N–H and O–H groups in total. The molecule has 2 unspecified atom stereocenters. The summed E-state index contributed by atoms with van der Waals surface area (Å²) in [7, 11) is 0. The van der Waals surface area contributed by atoms with E-state index < -0.39 is 0 Å². The lowest BCUT2D eigenvalue weighted by Gasteiger charge is -2.22. The van der Waals surface area contributed by atoms with Gasteiger partial charge in [-0.25, -0.2) is 0 Å². The molecule has 108 valence electrons. The van der Waals surface area contributed by atoms with Gasteiger partial charge in [-0.2, -0.15) is 0 Å². The maximum absolute atomic E-state index is 10.3. The van der Waals surface area contributed by atoms with Crippen molar-refractivity contribution in [2.45, 2.75) is 51.6 Å². The van der Waals surface area contributed by atoms with E-state index in [1.807, 2.05) is 31.2 Å². The van der Waals surface area contributed by atoms with Crippen LogP contribution in [0.3, 0.4) is 0 Å². The molecule has 0 radical (unpaired) electrons. The monoisotopic (exact) mass is 265 g/mol. The van der Waals surface area contributed by atoms with Gasteiger partial charge in [0.2, 0.25) is 0 Å². The van der Waals surface area contributed by atoms with Crippen LogP contribution in [0.25, 0.3) is 0 Å². The lowest BCUT2D eigenvalue weighted by Crippen LogP contribution is -2.25. The van der Waals surface area contributed by atoms with Crippen molar-refractivity contribution in [2.24, 2.45) is 5.73 Å². The summed E-state index contributed by atoms with van der Waals surface area (Å²) >= 11 is 0. The zero-order valence-corrected chi connectivity index (χ0v) is 12.1. The predicted octanol–water partition coefficient (Wildman–Crippen LogP) is 3.07. The molecule has 0 spiro atoms. The molecule has 3 nitrogen and oxygen atoms in total. The molecule has 3 heteroatoms. The smallest absolute Gasteiger partial charge is 0.119 e. The first-order valence-electron chi connectivity index (χ1n) is 7.33. The van der Waals surface area contributed by atoms with Crippen LogP contribution >= 0.6 is 0 Å². The van der Waals surface area contributed by atoms with E-state index in [1.165, 1.54) is 6.42 Å². The molecule has 0 aliphatic rings. The summed E-state index contributed by atoms with van der Waals surface area (Å²) < 4.78 is 5.42. The van der Waals surface area contributed by atoms with Gasteiger partial charge in [-0.3, -0.25) is 0 Å². The zero-order chi connectivity index (χ0) is 14.1. The predicted molar refractivity (Wildman–Crippen MR) is 79.6 cm³/mol. The number of hydrogen-bond donors (Lipinski definition) is 2. The van der Waals surface area contributed by atoms with E-state index in [2.05, 4.69) is 6.92 Å². The number of nitrogens with two attached hydrogens (primary N) is 1. The molecule has 0 aliphatic carbocycles. The standard InChI is InChI=1S/C16H27NO2/c1-3-5-6-7-16(18)15(12-17)13-8-10-14(11-9-13)19-4-2/h8-11,15-16,18H,3-7,12,17H2,1-2H3. The van der Waals surface area contributed by atoms with Crippen molar-refractivity contribution < 1.29 is 9.84 Å². The molecule has 0 saturated heterocycles. The Bertz CT molecular complexity index is 337. The third kappa shape index (κ3) is 5.21. The highest BCUT2D eigenvalue weighted by molar-refractivity contribution is 5.30. The maximum Gasteiger partial charge on any atom is 0.119 e. The van der Waals surface area contributed by atoms with Crippen LogP contribution in [-0.4, -0.2) is 24.4 Å². The van der Waals surface area contributed by atoms with E-state index in [-0.39, 0.29) is 12.0 Å². The minimum Gasteiger partial charge on any atom is -0.494 e. The van der Waals surface area contributed by atoms with Gasteiger partial charge >= 0.3 is 0 Å². The fourth-order valence-corrected chi connectivity index (χ4v) is 2.30. The average molecular weight is 265 g/mol. The van der Waals surface area contributed by atoms with Crippen molar-refractivity contribution in [1.82, 2.24) is 0 Å². The number of unbranched alkanes of at least 4 members (excludes halogenated alkanes) is 2. The first kappa shape index (κ1) is 16.0. The number of rotatable bonds is 9. The highest BCUT2D eigenvalue weighted by atomic mass is 16.5. The van der Waals surface area contributed by atoms with Gasteiger partial charge in [0.1, 0.15) is 5.75 Å². The zero-order valence-electron chi connectivity index (χ0n) is 12.1. The van der Waals surface area contributed by atoms with Gasteiger partial charge < -0.3 is 15.6 Å². The summed E-state index contributed by atoms with van der Waals surface area (Å²) in [5.41, 5.74) is 6.91. The van der Waals surface area contributed by atoms with Crippen molar-refractivity contribution in [3.05, 3.63) is 29.8 Å². The summed E-state index contributed by atoms with van der Waals surface area (Å²) in [6.07, 6.45) is 3.86. The topological polar surface area (TPSA) is 55.5 Å². The second-order valence-corrected chi connectivity index (χ2v) is 4.91. The maximum atomic E-state index is 10.3. The largest absolute Gasteiger partial charge is 0.494 e. The molecule has 1 aromatic carbocycles. The average Bonchev–Trinajstić information content (AvgIpc) is 2.42. The third-order valence-corrected chi connectivity index (χ3v) is 3.44. The van der Waals surface area contributed by atoms with Gasteiger partial charge in [0.15, 0.2) is 0 Å². The molecular formula is C16H27NO2. The van der Waals surface area contributed by atoms with Crippen molar-refractivity contribution in [3.63, 3.8) is 0 Å². The van der Waals surface area contributed by atoms with Crippen molar-refractivity contribution in [1.29, 1.82) is 0 Å². The van der Waals surface area contributed by atoms with Gasteiger partial charge in [-0.15, -0.1) is 0 Å². The molecule has 0 aromatic heterocycles. The van der Waals surface area contributed by atoms with Crippen LogP contribution in [0.5, 0.6) is 5.75 Å². The van der Waals surface area contributed by atoms with Crippen LogP contribution < -0.4 is 10.5 Å². The number of benzene rings is 1. The quantitative estimate of drug-likeness (QED) is 0.675. The lowest BCUT2D eigenvalue weighted by molar-refractivity contribution is 0.132. The van der Waals surface area contributed by atoms with Crippen LogP contribution in [0.15, 0.2) is 24.3 Å². The molecule has 0 heterocycles. The minimum atomic E-state index is -0.352. The highest BCUT2D eigenvalue weighted by Crippen LogP contribution is 2.24. The molecule has 2 atom stereocenters. The molecule has 1 rings (SSSR count). The van der Waals surface area contributed by atoms with Crippen LogP contribution in [0, 0.1) is 0 Å². The number of aliphatic hydroxyl groups excluding tert-OH is 1. The normalized spacial score (nSPS) is 14.1. The van der Waals surface area contributed by atoms with Crippen LogP contribution in [0.4, 0.5) is 0 Å². The molecule has 0 aliphatic heterocycles. The van der Waals surface area contributed by atoms with Gasteiger partial charge in [0, 0.05) is 12.5 Å². The van der Waals surface area contributed by atoms with Gasteiger partial charge in [-0.1, -0.05) is 38.3 Å². The summed E-state index contributed by atoms with van der Waals surface area (Å²) in [5, 5.41) is 10.3. The van der Waals surface area contributed by atoms with E-state index in [1.54, 1.807) is 0 Å². The highest BCUT2D eigenvalue weighted by Gasteiger charge is 2.19. The summed E-state index contributed by atoms with van der Waals surface area (Å²) in [6, 6.07) is 7.90. The third-order valence-electron chi connectivity index (χ3n) is 3.44. The van der Waals surface area contributed by atoms with Crippen molar-refractivity contribution in [2.75, 3.05) is 13.2 Å². The molecule has 0 saturated carbocycles. The fraction of sp³-hybridized carbons (Fsp3) is 0.625. The Labute approximate surface area is 116 Å². The number of hydrogen-bond acceptors (Lipinski definition) is 3. The number of ether oxygens (including phenoxy) is 1. The Hall–Kier alpha value is -1.06. The van der Waals surface area contributed by atoms with E-state index in [0.717, 1.165) is 30.6 Å². The Morgan fingerprint density at radius 2 is 1.84 bits per heavy atom. The Morgan fingerprint density at radius 3 is 2.37 bits per heavy atom. The van der Waals surface area contributed by atoms with Gasteiger partial charge in [0.05, 0.1) is 12.7 Å². The van der Waals surface area contributed by atoms with Crippen LogP contribution in [0.2, 0.25) is 0 Å². The first-order chi connectivity index (χ1) is 9.22. The van der Waals surface area contributed by atoms with E-state index in [9.17, 15) is 5.11 Å². The van der Waals surface area contributed by atoms with Crippen LogP contribution in [0.1, 0.15) is 51.0 Å². The van der Waals surface area contributed by atoms with Crippen molar-refractivity contribution in [3.8, 4) is 5.75 Å². The lowest BCUT2D eigenvalue weighted by atomic mass is 9.90. The van der Waals surface area contributed by atoms with Gasteiger partial charge in [-0.05, 0) is 31.0 Å². The molecule has 0 amide bonds. The SMILES string of the molecule is CCCCCC(O)C(CN)c1ccc(OCC)cc1. The number of aliphatic hydroxyl groups is 1. The summed E-state index contributed by atoms with van der Waals surface area (Å²) in [6.45, 7) is 5.27. The summed E-state index contributed by atoms with van der Waals surface area (Å²) in [4.78, 5) is 0. The first-order valence-corrected chi connectivity index (χ1v) is 7.33. The second kappa shape index (κ2) is 8.94. The van der Waals surface area contributed by atoms with Crippen LogP contribution in [-0.2, 0) is 0 Å². The van der Waals surface area contributed by atoms with Gasteiger partial charge in [0.25, 0.3) is 0 Å².